The van der Waals surface area contributed by atoms with Crippen LogP contribution >= 0.6 is 0 Å². The molecule has 0 aromatic carbocycles. The molecule has 10 heavy (non-hydrogen) atoms. The van der Waals surface area contributed by atoms with Crippen LogP contribution in [0, 0.1) is 6.92 Å². The molecule has 1 aromatic rings. The van der Waals surface area contributed by atoms with Crippen molar-refractivity contribution in [2.24, 2.45) is 0 Å². The minimum absolute atomic E-state index is 0.414. The van der Waals surface area contributed by atoms with Gasteiger partial charge in [-0.25, -0.2) is 0 Å². The summed E-state index contributed by atoms with van der Waals surface area (Å²) < 4.78 is 5.14. The van der Waals surface area contributed by atoms with E-state index in [1.165, 1.54) is 0 Å². The Bertz CT molecular complexity index is 217. The number of hydrogen-bond donors (Lipinski definition) is 1. The summed E-state index contributed by atoms with van der Waals surface area (Å²) >= 11 is 0. The highest BCUT2D eigenvalue weighted by Crippen LogP contribution is 2.04. The molecule has 0 saturated carbocycles. The lowest BCUT2D eigenvalue weighted by atomic mass is 10.4. The minimum atomic E-state index is 0.414. The highest BCUT2D eigenvalue weighted by atomic mass is 16.3. The van der Waals surface area contributed by atoms with Gasteiger partial charge in [0.05, 0.1) is 6.54 Å². The van der Waals surface area contributed by atoms with E-state index in [0.29, 0.717) is 6.54 Å². The van der Waals surface area contributed by atoms with Gasteiger partial charge in [0.25, 0.3) is 0 Å². The Morgan fingerprint density at radius 1 is 1.70 bits per heavy atom. The van der Waals surface area contributed by atoms with Gasteiger partial charge in [-0.15, -0.1) is 0 Å². The van der Waals surface area contributed by atoms with Gasteiger partial charge in [0.2, 0.25) is 0 Å². The van der Waals surface area contributed by atoms with Crippen molar-refractivity contribution in [3.8, 4) is 0 Å². The average Bonchev–Trinajstić information content (AvgIpc) is 2.31. The number of nitrogens with one attached hydrogen (secondary N) is 1. The summed E-state index contributed by atoms with van der Waals surface area (Å²) in [6.45, 7) is 2.27. The van der Waals surface area contributed by atoms with Gasteiger partial charge in [-0.05, 0) is 19.1 Å². The fourth-order valence-electron chi connectivity index (χ4n) is 0.703. The summed E-state index contributed by atoms with van der Waals surface area (Å²) in [5.41, 5.74) is 0. The van der Waals surface area contributed by atoms with Crippen LogP contribution in [-0.4, -0.2) is 6.41 Å². The third-order valence-electron chi connectivity index (χ3n) is 1.13. The van der Waals surface area contributed by atoms with Crippen molar-refractivity contribution < 1.29 is 9.21 Å². The molecule has 0 atom stereocenters. The Hall–Kier alpha value is -1.25. The highest BCUT2D eigenvalue weighted by Gasteiger charge is 1.95. The molecule has 0 spiro atoms. The lowest BCUT2D eigenvalue weighted by Crippen LogP contribution is -2.08. The predicted molar refractivity (Wildman–Crippen MR) is 36.0 cm³/mol. The summed E-state index contributed by atoms with van der Waals surface area (Å²) in [6, 6.07) is 3.67. The maximum absolute atomic E-state index is 9.71. The number of hydrogen-bond acceptors (Lipinski definition) is 2. The molecule has 0 fully saturated rings. The summed E-state index contributed by atoms with van der Waals surface area (Å²) in [4.78, 5) is 9.71. The molecule has 0 saturated heterocycles. The SMILES string of the molecule is Cc1ccc(CN[C]=O)o1. The summed E-state index contributed by atoms with van der Waals surface area (Å²) in [6.07, 6.45) is 1.57. The Morgan fingerprint density at radius 2 is 2.50 bits per heavy atom. The molecule has 1 aromatic heterocycles. The van der Waals surface area contributed by atoms with E-state index in [1.54, 1.807) is 6.41 Å². The number of amides is 1. The predicted octanol–water partition coefficient (Wildman–Crippen LogP) is 0.745. The normalized spacial score (nSPS) is 9.30. The van der Waals surface area contributed by atoms with Crippen molar-refractivity contribution in [1.82, 2.24) is 5.32 Å². The maximum atomic E-state index is 9.71. The van der Waals surface area contributed by atoms with Crippen molar-refractivity contribution in [1.29, 1.82) is 0 Å². The third kappa shape index (κ3) is 1.62. The van der Waals surface area contributed by atoms with Gasteiger partial charge >= 0.3 is 6.41 Å². The van der Waals surface area contributed by atoms with Crippen molar-refractivity contribution in [3.05, 3.63) is 23.7 Å². The maximum Gasteiger partial charge on any atom is 0.309 e. The quantitative estimate of drug-likeness (QED) is 0.626. The molecule has 0 aliphatic carbocycles. The largest absolute Gasteiger partial charge is 0.465 e. The van der Waals surface area contributed by atoms with Gasteiger partial charge < -0.3 is 9.73 Å². The van der Waals surface area contributed by atoms with Crippen LogP contribution in [-0.2, 0) is 11.3 Å². The van der Waals surface area contributed by atoms with Crippen molar-refractivity contribution in [2.75, 3.05) is 0 Å². The van der Waals surface area contributed by atoms with Crippen LogP contribution in [0.1, 0.15) is 11.5 Å². The van der Waals surface area contributed by atoms with Crippen LogP contribution in [0.5, 0.6) is 0 Å². The molecule has 0 bridgehead atoms. The van der Waals surface area contributed by atoms with Crippen molar-refractivity contribution in [2.45, 2.75) is 13.5 Å². The van der Waals surface area contributed by atoms with Crippen LogP contribution in [0.2, 0.25) is 0 Å². The standard InChI is InChI=1S/C7H8NO2/c1-6-2-3-7(10-6)4-8-5-9/h2-3H,4H2,1H3,(H,8,9). The van der Waals surface area contributed by atoms with Gasteiger partial charge in [-0.2, -0.15) is 0 Å². The second-order valence-corrected chi connectivity index (χ2v) is 1.97. The van der Waals surface area contributed by atoms with Gasteiger partial charge in [-0.1, -0.05) is 0 Å². The molecule has 1 N–H and O–H groups in total. The topological polar surface area (TPSA) is 42.2 Å². The lowest BCUT2D eigenvalue weighted by molar-refractivity contribution is 0.471. The van der Waals surface area contributed by atoms with E-state index in [0.717, 1.165) is 11.5 Å². The van der Waals surface area contributed by atoms with Crippen molar-refractivity contribution in [3.63, 3.8) is 0 Å². The first-order valence-electron chi connectivity index (χ1n) is 2.98. The number of aryl methyl sites for hydroxylation is 1. The van der Waals surface area contributed by atoms with E-state index >= 15 is 0 Å². The number of carbonyl (C=O) groups excluding carboxylic acids is 1. The van der Waals surface area contributed by atoms with Crippen LogP contribution < -0.4 is 5.32 Å². The molecule has 0 aliphatic rings. The van der Waals surface area contributed by atoms with Gasteiger partial charge in [0.15, 0.2) is 0 Å². The summed E-state index contributed by atoms with van der Waals surface area (Å²) in [5.74, 6) is 1.60. The van der Waals surface area contributed by atoms with E-state index in [4.69, 9.17) is 4.42 Å². The van der Waals surface area contributed by atoms with E-state index in [2.05, 4.69) is 5.32 Å². The lowest BCUT2D eigenvalue weighted by Gasteiger charge is -1.90. The smallest absolute Gasteiger partial charge is 0.309 e. The number of rotatable bonds is 3. The van der Waals surface area contributed by atoms with Gasteiger partial charge in [0, 0.05) is 0 Å². The van der Waals surface area contributed by atoms with Crippen molar-refractivity contribution >= 4 is 6.41 Å². The fraction of sp³-hybridized carbons (Fsp3) is 0.286. The Labute approximate surface area is 59.0 Å². The van der Waals surface area contributed by atoms with E-state index in [-0.39, 0.29) is 0 Å². The van der Waals surface area contributed by atoms with Crippen LogP contribution in [0.3, 0.4) is 0 Å². The third-order valence-corrected chi connectivity index (χ3v) is 1.13. The zero-order valence-corrected chi connectivity index (χ0v) is 5.68. The zero-order valence-electron chi connectivity index (χ0n) is 5.68. The molecule has 0 aliphatic heterocycles. The van der Waals surface area contributed by atoms with Gasteiger partial charge in [-0.3, -0.25) is 4.79 Å². The zero-order chi connectivity index (χ0) is 7.40. The van der Waals surface area contributed by atoms with Crippen LogP contribution in [0.25, 0.3) is 0 Å². The molecule has 53 valence electrons. The van der Waals surface area contributed by atoms with Gasteiger partial charge in [0.1, 0.15) is 11.5 Å². The average molecular weight is 138 g/mol. The van der Waals surface area contributed by atoms with E-state index < -0.39 is 0 Å². The van der Waals surface area contributed by atoms with Crippen LogP contribution in [0.4, 0.5) is 0 Å². The summed E-state index contributed by atoms with van der Waals surface area (Å²) in [5, 5.41) is 2.38. The molecule has 1 rings (SSSR count). The monoisotopic (exact) mass is 138 g/mol. The first kappa shape index (κ1) is 6.86. The molecule has 3 nitrogen and oxygen atoms in total. The second-order valence-electron chi connectivity index (χ2n) is 1.97. The summed E-state index contributed by atoms with van der Waals surface area (Å²) in [7, 11) is 0. The molecule has 3 heteroatoms. The second kappa shape index (κ2) is 3.06. The van der Waals surface area contributed by atoms with E-state index in [9.17, 15) is 4.79 Å². The minimum Gasteiger partial charge on any atom is -0.465 e. The molecule has 0 unspecified atom stereocenters. The first-order valence-corrected chi connectivity index (χ1v) is 2.98. The Kier molecular flexibility index (Phi) is 2.10. The molecular weight excluding hydrogens is 130 g/mol. The fourth-order valence-corrected chi connectivity index (χ4v) is 0.703. The Morgan fingerprint density at radius 3 is 3.00 bits per heavy atom. The molecule has 1 radical (unpaired) electrons. The molecular formula is C7H8NO2. The first-order chi connectivity index (χ1) is 4.83. The molecule has 1 amide bonds. The molecule has 1 heterocycles. The Balaban J connectivity index is 2.49. The van der Waals surface area contributed by atoms with Crippen LogP contribution in [0.15, 0.2) is 16.5 Å². The van der Waals surface area contributed by atoms with E-state index in [1.807, 2.05) is 19.1 Å². The highest BCUT2D eigenvalue weighted by molar-refractivity contribution is 5.46. The number of furan rings is 1.